The van der Waals surface area contributed by atoms with Gasteiger partial charge in [0.25, 0.3) is 0 Å². The summed E-state index contributed by atoms with van der Waals surface area (Å²) >= 11 is 10.1. The molecule has 0 spiro atoms. The topological polar surface area (TPSA) is 85.9 Å². The minimum absolute atomic E-state index is 0.185. The van der Waals surface area contributed by atoms with Crippen LogP contribution in [-0.2, 0) is 17.7 Å². The molecule has 0 aliphatic rings. The van der Waals surface area contributed by atoms with Crippen molar-refractivity contribution in [2.75, 3.05) is 12.3 Å². The zero-order chi connectivity index (χ0) is 23.5. The molecule has 0 aliphatic heterocycles. The number of carbonyl (C=O) groups is 1. The Bertz CT molecular complexity index is 1310. The molecule has 6 nitrogen and oxygen atoms in total. The lowest BCUT2D eigenvalue weighted by atomic mass is 10.1. The van der Waals surface area contributed by atoms with E-state index in [1.807, 2.05) is 41.0 Å². The fraction of sp³-hybridized carbons (Fsp3) is 0.280. The quantitative estimate of drug-likeness (QED) is 0.199. The number of nitrogens with two attached hydrogens (primary N) is 1. The van der Waals surface area contributed by atoms with E-state index in [4.69, 9.17) is 22.1 Å². The van der Waals surface area contributed by atoms with Gasteiger partial charge in [-0.1, -0.05) is 49.2 Å². The normalized spacial score (nSPS) is 11.3. The highest BCUT2D eigenvalue weighted by atomic mass is 79.9. The number of halogens is 2. The van der Waals surface area contributed by atoms with E-state index in [1.165, 1.54) is 0 Å². The van der Waals surface area contributed by atoms with Gasteiger partial charge in [-0.3, -0.25) is 0 Å². The van der Waals surface area contributed by atoms with Crippen LogP contribution >= 0.6 is 27.5 Å². The van der Waals surface area contributed by atoms with Gasteiger partial charge in [0.2, 0.25) is 0 Å². The maximum Gasteiger partial charge on any atom is 0.358 e. The molecule has 0 amide bonds. The summed E-state index contributed by atoms with van der Waals surface area (Å²) in [4.78, 5) is 20.6. The molecule has 33 heavy (non-hydrogen) atoms. The molecule has 0 atom stereocenters. The third kappa shape index (κ3) is 4.66. The lowest BCUT2D eigenvalue weighted by Gasteiger charge is -2.12. The van der Waals surface area contributed by atoms with Crippen LogP contribution in [0.15, 0.2) is 46.9 Å². The summed E-state index contributed by atoms with van der Waals surface area (Å²) in [5, 5.41) is 1.22. The van der Waals surface area contributed by atoms with Crippen LogP contribution in [0.5, 0.6) is 0 Å². The van der Waals surface area contributed by atoms with Crippen molar-refractivity contribution in [2.45, 2.75) is 39.7 Å². The lowest BCUT2D eigenvalue weighted by Crippen LogP contribution is -2.15. The first kappa shape index (κ1) is 23.4. The van der Waals surface area contributed by atoms with Gasteiger partial charge in [0.1, 0.15) is 5.82 Å². The minimum atomic E-state index is -0.455. The molecule has 2 aromatic carbocycles. The number of hydrogen-bond acceptors (Lipinski definition) is 4. The molecule has 0 saturated heterocycles. The Labute approximate surface area is 206 Å². The van der Waals surface area contributed by atoms with E-state index >= 15 is 0 Å². The fourth-order valence-electron chi connectivity index (χ4n) is 3.95. The van der Waals surface area contributed by atoms with Crippen molar-refractivity contribution in [1.29, 1.82) is 0 Å². The van der Waals surface area contributed by atoms with E-state index in [2.05, 4.69) is 38.9 Å². The summed E-state index contributed by atoms with van der Waals surface area (Å²) in [5.41, 5.74) is 11.1. The van der Waals surface area contributed by atoms with Crippen LogP contribution in [0.2, 0.25) is 5.15 Å². The number of aromatic amines is 1. The number of imidazole rings is 1. The van der Waals surface area contributed by atoms with E-state index in [9.17, 15) is 4.79 Å². The number of esters is 1. The van der Waals surface area contributed by atoms with Crippen molar-refractivity contribution in [3.8, 4) is 11.3 Å². The van der Waals surface area contributed by atoms with E-state index in [1.54, 1.807) is 6.92 Å². The molecule has 8 heteroatoms. The molecular weight excluding hydrogens is 504 g/mol. The molecule has 0 unspecified atom stereocenters. The highest BCUT2D eigenvalue weighted by Gasteiger charge is 2.23. The van der Waals surface area contributed by atoms with Gasteiger partial charge >= 0.3 is 5.97 Å². The van der Waals surface area contributed by atoms with Crippen molar-refractivity contribution >= 4 is 50.1 Å². The first-order valence-electron chi connectivity index (χ1n) is 11.0. The molecule has 0 aliphatic carbocycles. The number of aryl methyl sites for hydroxylation is 1. The number of aromatic nitrogens is 3. The smallest absolute Gasteiger partial charge is 0.358 e. The number of nitrogen functional groups attached to an aromatic ring is 1. The molecule has 172 valence electrons. The van der Waals surface area contributed by atoms with Gasteiger partial charge in [-0.05, 0) is 53.0 Å². The summed E-state index contributed by atoms with van der Waals surface area (Å²) in [5.74, 6) is 0.333. The zero-order valence-corrected chi connectivity index (χ0v) is 21.0. The summed E-state index contributed by atoms with van der Waals surface area (Å²) in [6.45, 7) is 4.64. The summed E-state index contributed by atoms with van der Waals surface area (Å²) in [6, 6.07) is 13.9. The van der Waals surface area contributed by atoms with Crippen LogP contribution in [0.4, 0.5) is 5.69 Å². The molecule has 0 radical (unpaired) electrons. The number of nitrogens with one attached hydrogen (secondary N) is 1. The molecule has 3 N–H and O–H groups in total. The van der Waals surface area contributed by atoms with Crippen LogP contribution in [0.1, 0.15) is 48.6 Å². The maximum atomic E-state index is 12.6. The number of ether oxygens (including phenoxy) is 1. The SMILES string of the molecule is CCCCc1nc(Cl)c(C(=O)OCC)n1Cc1ccc2[nH]c(-c3ccccc3N)c(Br)c2c1. The Balaban J connectivity index is 1.75. The number of para-hydroxylation sites is 1. The van der Waals surface area contributed by atoms with Crippen LogP contribution in [-0.4, -0.2) is 27.1 Å². The number of unbranched alkanes of at least 4 members (excludes halogenated alkanes) is 1. The van der Waals surface area contributed by atoms with Crippen LogP contribution in [0.3, 0.4) is 0 Å². The minimum Gasteiger partial charge on any atom is -0.461 e. The highest BCUT2D eigenvalue weighted by Crippen LogP contribution is 2.37. The Morgan fingerprint density at radius 1 is 1.24 bits per heavy atom. The molecule has 2 aromatic heterocycles. The number of H-pyrrole nitrogens is 1. The molecule has 4 aromatic rings. The average molecular weight is 530 g/mol. The van der Waals surface area contributed by atoms with Gasteiger partial charge in [-0.25, -0.2) is 9.78 Å². The zero-order valence-electron chi connectivity index (χ0n) is 18.6. The van der Waals surface area contributed by atoms with Crippen LogP contribution < -0.4 is 5.73 Å². The fourth-order valence-corrected chi connectivity index (χ4v) is 4.87. The molecule has 2 heterocycles. The van der Waals surface area contributed by atoms with Gasteiger partial charge in [0.15, 0.2) is 10.8 Å². The van der Waals surface area contributed by atoms with Gasteiger partial charge < -0.3 is 20.0 Å². The van der Waals surface area contributed by atoms with Crippen molar-refractivity contribution in [1.82, 2.24) is 14.5 Å². The Morgan fingerprint density at radius 2 is 2.03 bits per heavy atom. The molecule has 0 fully saturated rings. The van der Waals surface area contributed by atoms with Gasteiger partial charge in [-0.2, -0.15) is 0 Å². The number of hydrogen-bond donors (Lipinski definition) is 2. The van der Waals surface area contributed by atoms with Crippen molar-refractivity contribution in [3.63, 3.8) is 0 Å². The van der Waals surface area contributed by atoms with Crippen LogP contribution in [0, 0.1) is 0 Å². The lowest BCUT2D eigenvalue weighted by molar-refractivity contribution is 0.0514. The predicted molar refractivity (Wildman–Crippen MR) is 137 cm³/mol. The first-order chi connectivity index (χ1) is 15.9. The second-order valence-electron chi connectivity index (χ2n) is 7.86. The highest BCUT2D eigenvalue weighted by molar-refractivity contribution is 9.10. The number of anilines is 1. The van der Waals surface area contributed by atoms with E-state index in [0.717, 1.165) is 57.3 Å². The number of nitrogens with zero attached hydrogens (tertiary/aromatic N) is 2. The Hall–Kier alpha value is -2.77. The first-order valence-corrected chi connectivity index (χ1v) is 12.2. The van der Waals surface area contributed by atoms with E-state index < -0.39 is 5.97 Å². The van der Waals surface area contributed by atoms with Gasteiger partial charge in [0, 0.05) is 35.1 Å². The second-order valence-corrected chi connectivity index (χ2v) is 9.01. The third-order valence-corrected chi connectivity index (χ3v) is 6.68. The third-order valence-electron chi connectivity index (χ3n) is 5.60. The summed E-state index contributed by atoms with van der Waals surface area (Å²) in [7, 11) is 0. The molecule has 4 rings (SSSR count). The Morgan fingerprint density at radius 3 is 2.76 bits per heavy atom. The number of carbonyl (C=O) groups excluding carboxylic acids is 1. The molecule has 0 bridgehead atoms. The van der Waals surface area contributed by atoms with Crippen LogP contribution in [0.25, 0.3) is 22.2 Å². The largest absolute Gasteiger partial charge is 0.461 e. The second kappa shape index (κ2) is 10.0. The standard InChI is InChI=1S/C25H26BrClN4O2/c1-3-5-10-20-30-24(27)23(25(32)33-4-2)31(20)14-15-11-12-19-17(13-15)21(26)22(29-19)16-8-6-7-9-18(16)28/h6-9,11-13,29H,3-5,10,14,28H2,1-2H3. The summed E-state index contributed by atoms with van der Waals surface area (Å²) in [6.07, 6.45) is 2.72. The van der Waals surface area contributed by atoms with Gasteiger partial charge in [0.05, 0.1) is 16.8 Å². The average Bonchev–Trinajstić information content (AvgIpc) is 3.29. The monoisotopic (exact) mass is 528 g/mol. The Kier molecular flexibility index (Phi) is 7.10. The maximum absolute atomic E-state index is 12.6. The number of benzene rings is 2. The van der Waals surface area contributed by atoms with Crippen molar-refractivity contribution < 1.29 is 9.53 Å². The molecular formula is C25H26BrClN4O2. The number of fused-ring (bicyclic) bond motifs is 1. The van der Waals surface area contributed by atoms with Gasteiger partial charge in [-0.15, -0.1) is 0 Å². The van der Waals surface area contributed by atoms with Crippen molar-refractivity contribution in [3.05, 3.63) is 69.2 Å². The predicted octanol–water partition coefficient (Wildman–Crippen LogP) is 6.60. The summed E-state index contributed by atoms with van der Waals surface area (Å²) < 4.78 is 8.07. The molecule has 0 saturated carbocycles. The van der Waals surface area contributed by atoms with Crippen molar-refractivity contribution in [2.24, 2.45) is 0 Å². The van der Waals surface area contributed by atoms with E-state index in [0.29, 0.717) is 17.9 Å². The van der Waals surface area contributed by atoms with E-state index in [-0.39, 0.29) is 11.8 Å². The number of rotatable bonds is 8.